The van der Waals surface area contributed by atoms with E-state index in [1.54, 1.807) is 12.8 Å². The highest BCUT2D eigenvalue weighted by molar-refractivity contribution is 5.16. The Balaban J connectivity index is 0.646. The molecule has 6 nitrogen and oxygen atoms in total. The van der Waals surface area contributed by atoms with Crippen molar-refractivity contribution in [2.24, 2.45) is 94.7 Å². The number of nitrogens with one attached hydrogen (secondary N) is 4. The minimum absolute atomic E-state index is 0.572. The van der Waals surface area contributed by atoms with Crippen molar-refractivity contribution in [2.45, 2.75) is 281 Å². The van der Waals surface area contributed by atoms with E-state index < -0.39 is 0 Å². The highest BCUT2D eigenvalue weighted by Crippen LogP contribution is 2.62. The van der Waals surface area contributed by atoms with Gasteiger partial charge in [0.2, 0.25) is 0 Å². The second-order valence-electron chi connectivity index (χ2n) is 28.9. The topological polar surface area (TPSA) is 54.6 Å². The van der Waals surface area contributed by atoms with Crippen LogP contribution < -0.4 is 21.3 Å². The molecule has 18 unspecified atom stereocenters. The zero-order valence-corrected chi connectivity index (χ0v) is 44.5. The van der Waals surface area contributed by atoms with E-state index in [9.17, 15) is 0 Å². The van der Waals surface area contributed by atoms with E-state index in [0.29, 0.717) is 12.3 Å². The van der Waals surface area contributed by atoms with Crippen molar-refractivity contribution in [2.75, 3.05) is 13.1 Å². The maximum atomic E-state index is 4.20. The van der Waals surface area contributed by atoms with Gasteiger partial charge < -0.3 is 10.6 Å². The van der Waals surface area contributed by atoms with Crippen molar-refractivity contribution >= 4 is 0 Å². The zero-order chi connectivity index (χ0) is 45.6. The monoisotopic (exact) mass is 935 g/mol. The molecule has 0 aromatic carbocycles. The third-order valence-electron chi connectivity index (χ3n) is 25.7. The Morgan fingerprint density at radius 2 is 0.676 bits per heavy atom. The number of rotatable bonds is 6. The first-order chi connectivity index (χ1) is 33.4. The third kappa shape index (κ3) is 8.63. The van der Waals surface area contributed by atoms with Gasteiger partial charge in [-0.1, -0.05) is 79.1 Å². The van der Waals surface area contributed by atoms with Crippen molar-refractivity contribution in [3.05, 3.63) is 0 Å². The van der Waals surface area contributed by atoms with E-state index in [-0.39, 0.29) is 0 Å². The molecule has 18 atom stereocenters. The highest BCUT2D eigenvalue weighted by atomic mass is 15.3. The van der Waals surface area contributed by atoms with Crippen molar-refractivity contribution in [3.63, 3.8) is 0 Å². The molecule has 13 rings (SSSR count). The van der Waals surface area contributed by atoms with Gasteiger partial charge in [-0.2, -0.15) is 0 Å². The summed E-state index contributed by atoms with van der Waals surface area (Å²) in [6, 6.07) is 7.03. The predicted octanol–water partition coefficient (Wildman–Crippen LogP) is 12.4. The van der Waals surface area contributed by atoms with Crippen LogP contribution in [0.1, 0.15) is 220 Å². The molecular formula is C62H106N6. The molecule has 4 N–H and O–H groups in total. The highest BCUT2D eigenvalue weighted by Gasteiger charge is 2.64. The van der Waals surface area contributed by atoms with E-state index in [4.69, 9.17) is 0 Å². The van der Waals surface area contributed by atoms with E-state index in [1.807, 2.05) is 0 Å². The minimum atomic E-state index is 0.572. The fourth-order valence-electron chi connectivity index (χ4n) is 23.5. The lowest BCUT2D eigenvalue weighted by Gasteiger charge is -2.51. The van der Waals surface area contributed by atoms with E-state index in [1.165, 1.54) is 193 Å². The van der Waals surface area contributed by atoms with E-state index >= 15 is 0 Å². The summed E-state index contributed by atoms with van der Waals surface area (Å²) in [6.45, 7) is 13.3. The number of hydrogen-bond donors (Lipinski definition) is 4. The van der Waals surface area contributed by atoms with Gasteiger partial charge in [0, 0.05) is 61.4 Å². The van der Waals surface area contributed by atoms with E-state index in [0.717, 1.165) is 143 Å². The molecule has 9 saturated carbocycles. The average Bonchev–Trinajstić information content (AvgIpc) is 3.89. The standard InChI is InChI=1S/C62H106N6/c1-37-31-45(61-63-35-43-13-5-9-17-51(43)65-61)32-38(2)57(37)41-21-25-47(26-22-41)67-53-19-11-7-15-49(53)59-55(67)29-30-56-60(59)50-16-8-12-20-54(50)68(56)48-27-23-42(24-28-48)58-39(3)33-46(34-40(58)4)62-64-36-44-14-6-10-18-52(44)66-62/h37-66H,5-36H2,1-4H3. The van der Waals surface area contributed by atoms with Gasteiger partial charge in [0.05, 0.1) is 12.3 Å². The molecule has 384 valence electrons. The van der Waals surface area contributed by atoms with Gasteiger partial charge in [0.15, 0.2) is 0 Å². The molecule has 4 aliphatic heterocycles. The van der Waals surface area contributed by atoms with Crippen LogP contribution in [0.4, 0.5) is 0 Å². The molecule has 68 heavy (non-hydrogen) atoms. The first-order valence-corrected chi connectivity index (χ1v) is 31.9. The number of nitrogens with zero attached hydrogens (tertiary/aromatic N) is 2. The Morgan fingerprint density at radius 1 is 0.309 bits per heavy atom. The summed E-state index contributed by atoms with van der Waals surface area (Å²) in [5, 5.41) is 16.5. The maximum absolute atomic E-state index is 4.20. The fraction of sp³-hybridized carbons (Fsp3) is 1.00. The van der Waals surface area contributed by atoms with Crippen LogP contribution in [0.5, 0.6) is 0 Å². The van der Waals surface area contributed by atoms with Crippen LogP contribution in [0.2, 0.25) is 0 Å². The van der Waals surface area contributed by atoms with Gasteiger partial charge >= 0.3 is 0 Å². The van der Waals surface area contributed by atoms with E-state index in [2.05, 4.69) is 58.8 Å². The van der Waals surface area contributed by atoms with Crippen LogP contribution in [0.15, 0.2) is 0 Å². The number of likely N-dealkylation sites (tertiary alicyclic amines) is 2. The second kappa shape index (κ2) is 20.1. The smallest absolute Gasteiger partial charge is 0.0603 e. The molecule has 0 amide bonds. The van der Waals surface area contributed by atoms with Gasteiger partial charge in [-0.3, -0.25) is 20.4 Å². The molecule has 4 saturated heterocycles. The Morgan fingerprint density at radius 3 is 1.09 bits per heavy atom. The summed E-state index contributed by atoms with van der Waals surface area (Å²) in [4.78, 5) is 6.80. The van der Waals surface area contributed by atoms with Crippen LogP contribution in [-0.4, -0.2) is 83.6 Å². The van der Waals surface area contributed by atoms with Crippen molar-refractivity contribution in [1.29, 1.82) is 0 Å². The first kappa shape index (κ1) is 47.5. The summed E-state index contributed by atoms with van der Waals surface area (Å²) >= 11 is 0. The molecule has 13 fully saturated rings. The summed E-state index contributed by atoms with van der Waals surface area (Å²) in [7, 11) is 0. The molecule has 0 radical (unpaired) electrons. The lowest BCUT2D eigenvalue weighted by Crippen LogP contribution is -2.62. The van der Waals surface area contributed by atoms with Gasteiger partial charge in [-0.25, -0.2) is 0 Å². The Kier molecular flexibility index (Phi) is 14.1. The fourth-order valence-corrected chi connectivity index (χ4v) is 23.5. The Bertz CT molecular complexity index is 1530. The molecule has 4 heterocycles. The summed E-state index contributed by atoms with van der Waals surface area (Å²) in [5.41, 5.74) is 0. The lowest BCUT2D eigenvalue weighted by molar-refractivity contribution is -0.0111. The Labute approximate surface area is 418 Å². The molecule has 13 aliphatic rings. The molecule has 0 spiro atoms. The summed E-state index contributed by atoms with van der Waals surface area (Å²) < 4.78 is 0. The van der Waals surface area contributed by atoms with Crippen LogP contribution in [-0.2, 0) is 0 Å². The molecule has 0 bridgehead atoms. The molecular weight excluding hydrogens is 829 g/mol. The van der Waals surface area contributed by atoms with Gasteiger partial charge in [-0.15, -0.1) is 0 Å². The molecule has 9 aliphatic carbocycles. The Hall–Kier alpha value is -0.240. The predicted molar refractivity (Wildman–Crippen MR) is 281 cm³/mol. The third-order valence-corrected chi connectivity index (χ3v) is 25.7. The second-order valence-corrected chi connectivity index (χ2v) is 28.9. The number of fused-ring (bicyclic) bond motifs is 9. The van der Waals surface area contributed by atoms with Crippen LogP contribution in [0.25, 0.3) is 0 Å². The molecule has 6 heteroatoms. The zero-order valence-electron chi connectivity index (χ0n) is 44.5. The molecule has 0 aromatic rings. The maximum Gasteiger partial charge on any atom is 0.0603 e. The summed E-state index contributed by atoms with van der Waals surface area (Å²) in [6.07, 6.45) is 46.1. The first-order valence-electron chi connectivity index (χ1n) is 31.9. The number of hydrogen-bond acceptors (Lipinski definition) is 6. The quantitative estimate of drug-likeness (QED) is 0.213. The van der Waals surface area contributed by atoms with Crippen molar-refractivity contribution < 1.29 is 0 Å². The SMILES string of the molecule is CC1CC(C2NCC3CCCCC3N2)CC(C)C1C1CCC(N2C3CCCCC3C3C4C5CCCCC5N(C5CCC(C6C(C)CC(C7NCC8CCCCC8N7)CC6C)CC5)C4CCC32)CC1. The van der Waals surface area contributed by atoms with Crippen LogP contribution in [0, 0.1) is 94.7 Å². The average molecular weight is 936 g/mol. The van der Waals surface area contributed by atoms with Gasteiger partial charge in [-0.05, 0) is 236 Å². The van der Waals surface area contributed by atoms with Crippen LogP contribution in [0.3, 0.4) is 0 Å². The van der Waals surface area contributed by atoms with Gasteiger partial charge in [0.1, 0.15) is 0 Å². The lowest BCUT2D eigenvalue weighted by atomic mass is 9.60. The largest absolute Gasteiger partial charge is 0.301 e. The van der Waals surface area contributed by atoms with Crippen LogP contribution >= 0.6 is 0 Å². The minimum Gasteiger partial charge on any atom is -0.301 e. The summed E-state index contributed by atoms with van der Waals surface area (Å²) in [5.74, 6) is 14.9. The van der Waals surface area contributed by atoms with Gasteiger partial charge in [0.25, 0.3) is 0 Å². The van der Waals surface area contributed by atoms with Crippen molar-refractivity contribution in [1.82, 2.24) is 31.1 Å². The molecule has 0 aromatic heterocycles. The van der Waals surface area contributed by atoms with Crippen molar-refractivity contribution in [3.8, 4) is 0 Å². The normalized spacial score (nSPS) is 55.8.